The standard InChI is InChI=1S/C15H29N3OS.2ClH/c1-17-7-3-12(4-8-17)13-5-9-18(10-6-13)15(19)14(16)11-20-2;;/h12-14H,3-11,16H2,1-2H3;2*1H/t14-;;/m0../s1/i2D;;. The predicted molar refractivity (Wildman–Crippen MR) is 100 cm³/mol. The Labute approximate surface area is 153 Å². The Bertz CT molecular complexity index is 339. The Kier molecular flexibility index (Phi) is 10.2. The van der Waals surface area contributed by atoms with Crippen molar-refractivity contribution in [2.45, 2.75) is 31.7 Å². The fraction of sp³-hybridized carbons (Fsp3) is 0.933. The van der Waals surface area contributed by atoms with Crippen molar-refractivity contribution >= 4 is 42.5 Å². The number of carbonyl (C=O) groups excluding carboxylic acids is 1. The number of piperidine rings is 2. The lowest BCUT2D eigenvalue weighted by Gasteiger charge is -2.40. The number of rotatable bonds is 4. The van der Waals surface area contributed by atoms with Gasteiger partial charge in [-0.25, -0.2) is 0 Å². The molecular formula is C15H31Cl2N3OS. The van der Waals surface area contributed by atoms with Gasteiger partial charge in [-0.3, -0.25) is 4.79 Å². The van der Waals surface area contributed by atoms with Crippen molar-refractivity contribution in [1.29, 1.82) is 0 Å². The fourth-order valence-electron chi connectivity index (χ4n) is 3.52. The summed E-state index contributed by atoms with van der Waals surface area (Å²) in [5.74, 6) is 2.29. The summed E-state index contributed by atoms with van der Waals surface area (Å²) in [6, 6.07) is -0.430. The highest BCUT2D eigenvalue weighted by Gasteiger charge is 2.31. The number of carbonyl (C=O) groups is 1. The van der Waals surface area contributed by atoms with E-state index in [0.29, 0.717) is 5.75 Å². The maximum Gasteiger partial charge on any atom is 0.240 e. The molecule has 2 heterocycles. The first-order valence-corrected chi connectivity index (χ1v) is 8.87. The maximum atomic E-state index is 12.2. The molecule has 2 fully saturated rings. The van der Waals surface area contributed by atoms with Crippen LogP contribution < -0.4 is 5.73 Å². The van der Waals surface area contributed by atoms with Gasteiger partial charge >= 0.3 is 0 Å². The number of nitrogens with zero attached hydrogens (tertiary/aromatic N) is 2. The molecular weight excluding hydrogens is 341 g/mol. The van der Waals surface area contributed by atoms with Crippen LogP contribution in [0.25, 0.3) is 0 Å². The zero-order valence-electron chi connectivity index (χ0n) is 14.4. The van der Waals surface area contributed by atoms with E-state index in [4.69, 9.17) is 7.10 Å². The lowest BCUT2D eigenvalue weighted by Crippen LogP contribution is -2.49. The van der Waals surface area contributed by atoms with E-state index in [-0.39, 0.29) is 37.0 Å². The number of amides is 1. The van der Waals surface area contributed by atoms with Crippen molar-refractivity contribution in [1.82, 2.24) is 9.80 Å². The lowest BCUT2D eigenvalue weighted by molar-refractivity contribution is -0.133. The van der Waals surface area contributed by atoms with Crippen molar-refractivity contribution in [2.24, 2.45) is 17.6 Å². The molecule has 2 aliphatic heterocycles. The van der Waals surface area contributed by atoms with Gasteiger partial charge < -0.3 is 15.5 Å². The topological polar surface area (TPSA) is 49.6 Å². The van der Waals surface area contributed by atoms with Crippen LogP contribution in [0.3, 0.4) is 0 Å². The van der Waals surface area contributed by atoms with Crippen LogP contribution in [0, 0.1) is 11.8 Å². The summed E-state index contributed by atoms with van der Waals surface area (Å²) in [7, 11) is 2.20. The summed E-state index contributed by atoms with van der Waals surface area (Å²) in [4.78, 5) is 16.6. The molecule has 22 heavy (non-hydrogen) atoms. The zero-order chi connectivity index (χ0) is 15.2. The highest BCUT2D eigenvalue weighted by molar-refractivity contribution is 7.98. The van der Waals surface area contributed by atoms with Gasteiger partial charge in [-0.1, -0.05) is 0 Å². The molecule has 2 rings (SSSR count). The smallest absolute Gasteiger partial charge is 0.240 e. The van der Waals surface area contributed by atoms with Crippen LogP contribution in [-0.4, -0.2) is 67.0 Å². The van der Waals surface area contributed by atoms with E-state index in [1.54, 1.807) is 0 Å². The first-order chi connectivity index (χ1) is 10.1. The third-order valence-electron chi connectivity index (χ3n) is 4.90. The van der Waals surface area contributed by atoms with Gasteiger partial charge in [0.25, 0.3) is 0 Å². The van der Waals surface area contributed by atoms with Crippen LogP contribution in [0.5, 0.6) is 0 Å². The molecule has 0 radical (unpaired) electrons. The molecule has 132 valence electrons. The van der Waals surface area contributed by atoms with Crippen molar-refractivity contribution in [3.63, 3.8) is 0 Å². The van der Waals surface area contributed by atoms with Crippen molar-refractivity contribution < 1.29 is 6.17 Å². The van der Waals surface area contributed by atoms with Gasteiger partial charge in [-0.15, -0.1) is 24.8 Å². The highest BCUT2D eigenvalue weighted by Crippen LogP contribution is 2.32. The van der Waals surface area contributed by atoms with Gasteiger partial charge in [0, 0.05) is 20.2 Å². The average Bonchev–Trinajstić information content (AvgIpc) is 2.53. The summed E-state index contributed by atoms with van der Waals surface area (Å²) in [6.07, 6.45) is 5.18. The molecule has 1 atom stereocenters. The molecule has 0 bridgehead atoms. The van der Waals surface area contributed by atoms with Crippen LogP contribution >= 0.6 is 36.6 Å². The summed E-state index contributed by atoms with van der Waals surface area (Å²) in [5, 5.41) is 0. The second-order valence-corrected chi connectivity index (χ2v) is 7.02. The molecule has 0 aromatic carbocycles. The number of halogens is 2. The minimum absolute atomic E-state index is 0. The van der Waals surface area contributed by atoms with Gasteiger partial charge in [0.15, 0.2) is 0 Å². The molecule has 2 N–H and O–H groups in total. The number of hydrogen-bond donors (Lipinski definition) is 1. The Morgan fingerprint density at radius 2 is 1.68 bits per heavy atom. The van der Waals surface area contributed by atoms with E-state index in [9.17, 15) is 4.79 Å². The Hall–Kier alpha value is 0.320. The van der Waals surface area contributed by atoms with E-state index in [0.717, 1.165) is 37.8 Å². The average molecular weight is 373 g/mol. The van der Waals surface area contributed by atoms with Crippen LogP contribution in [0.4, 0.5) is 0 Å². The van der Waals surface area contributed by atoms with Gasteiger partial charge in [-0.05, 0) is 63.9 Å². The molecule has 0 aromatic heterocycles. The van der Waals surface area contributed by atoms with E-state index < -0.39 is 6.04 Å². The molecule has 2 aliphatic rings. The minimum Gasteiger partial charge on any atom is -0.341 e. The molecule has 1 amide bonds. The van der Waals surface area contributed by atoms with Crippen LogP contribution in [0.1, 0.15) is 27.1 Å². The monoisotopic (exact) mass is 372 g/mol. The summed E-state index contributed by atoms with van der Waals surface area (Å²) in [6.45, 7) is 4.18. The molecule has 0 aliphatic carbocycles. The van der Waals surface area contributed by atoms with Crippen molar-refractivity contribution in [3.05, 3.63) is 0 Å². The Morgan fingerprint density at radius 3 is 2.18 bits per heavy atom. The van der Waals surface area contributed by atoms with Crippen molar-refractivity contribution in [2.75, 3.05) is 45.2 Å². The third-order valence-corrected chi connectivity index (χ3v) is 5.49. The van der Waals surface area contributed by atoms with Crippen LogP contribution in [0.15, 0.2) is 0 Å². The quantitative estimate of drug-likeness (QED) is 0.820. The fourth-order valence-corrected chi connectivity index (χ4v) is 3.92. The van der Waals surface area contributed by atoms with Gasteiger partial charge in [0.1, 0.15) is 0 Å². The van der Waals surface area contributed by atoms with E-state index >= 15 is 0 Å². The van der Waals surface area contributed by atoms with Gasteiger partial charge in [-0.2, -0.15) is 11.8 Å². The molecule has 2 saturated heterocycles. The van der Waals surface area contributed by atoms with Crippen LogP contribution in [-0.2, 0) is 4.79 Å². The van der Waals surface area contributed by atoms with E-state index in [1.807, 2.05) is 4.90 Å². The minimum atomic E-state index is -0.430. The second kappa shape index (κ2) is 11.0. The third kappa shape index (κ3) is 6.08. The lowest BCUT2D eigenvalue weighted by atomic mass is 9.79. The summed E-state index contributed by atoms with van der Waals surface area (Å²) >= 11 is 1.42. The molecule has 0 aromatic rings. The number of likely N-dealkylation sites (tertiary alicyclic amines) is 2. The molecule has 7 heteroatoms. The number of hydrogen-bond acceptors (Lipinski definition) is 4. The van der Waals surface area contributed by atoms with Crippen molar-refractivity contribution in [3.8, 4) is 0 Å². The van der Waals surface area contributed by atoms with E-state index in [1.165, 1.54) is 37.7 Å². The first kappa shape index (κ1) is 20.4. The Balaban J connectivity index is 0.00000242. The van der Waals surface area contributed by atoms with Gasteiger partial charge in [0.2, 0.25) is 5.91 Å². The SMILES string of the molecule is Cl.Cl.[2H]CSC[C@H](N)C(=O)N1CCC(C2CCN(C)CC2)CC1. The number of nitrogens with two attached hydrogens (primary N) is 1. The second-order valence-electron chi connectivity index (χ2n) is 6.28. The highest BCUT2D eigenvalue weighted by atomic mass is 35.5. The maximum absolute atomic E-state index is 12.2. The van der Waals surface area contributed by atoms with E-state index in [2.05, 4.69) is 11.9 Å². The number of thioether (sulfide) groups is 1. The zero-order valence-corrected chi connectivity index (χ0v) is 15.9. The summed E-state index contributed by atoms with van der Waals surface area (Å²) in [5.41, 5.74) is 5.93. The summed E-state index contributed by atoms with van der Waals surface area (Å²) < 4.78 is 7.11. The largest absolute Gasteiger partial charge is 0.341 e. The van der Waals surface area contributed by atoms with Crippen LogP contribution in [0.2, 0.25) is 0 Å². The molecule has 4 nitrogen and oxygen atoms in total. The first-order valence-electron chi connectivity index (χ1n) is 8.42. The predicted octanol–water partition coefficient (Wildman–Crippen LogP) is 2.10. The molecule has 0 unspecified atom stereocenters. The Morgan fingerprint density at radius 1 is 1.18 bits per heavy atom. The molecule has 0 saturated carbocycles. The van der Waals surface area contributed by atoms with Gasteiger partial charge in [0.05, 0.1) is 6.04 Å². The molecule has 0 spiro atoms. The normalized spacial score (nSPS) is 23.2.